The molecule has 1 unspecified atom stereocenters. The summed E-state index contributed by atoms with van der Waals surface area (Å²) in [5, 5.41) is 9.69. The second kappa shape index (κ2) is 5.16. The van der Waals surface area contributed by atoms with Crippen LogP contribution in [0.5, 0.6) is 0 Å². The first kappa shape index (κ1) is 12.5. The molecular weight excluding hydrogens is 240 g/mol. The van der Waals surface area contributed by atoms with E-state index in [1.54, 1.807) is 0 Å². The predicted octanol–water partition coefficient (Wildman–Crippen LogP) is 0.172. The molecule has 1 aliphatic rings. The summed E-state index contributed by atoms with van der Waals surface area (Å²) >= 11 is 0. The molecule has 17 heavy (non-hydrogen) atoms. The number of nitrogens with one attached hydrogen (secondary N) is 2. The van der Waals surface area contributed by atoms with Gasteiger partial charge >= 0.3 is 0 Å². The smallest absolute Gasteiger partial charge is 0.260 e. The number of likely N-dealkylation sites (N-methyl/N-ethyl adjacent to an activating group) is 1. The van der Waals surface area contributed by atoms with Crippen LogP contribution in [0.15, 0.2) is 17.3 Å². The molecule has 0 radical (unpaired) electrons. The van der Waals surface area contributed by atoms with E-state index in [0.717, 1.165) is 19.4 Å². The molecule has 2 heterocycles. The minimum atomic E-state index is -3.39. The van der Waals surface area contributed by atoms with Crippen molar-refractivity contribution in [1.82, 2.24) is 19.8 Å². The Balaban J connectivity index is 2.12. The summed E-state index contributed by atoms with van der Waals surface area (Å²) in [5.74, 6) is 0. The number of hydrogen-bond acceptors (Lipinski definition) is 4. The van der Waals surface area contributed by atoms with Gasteiger partial charge in [-0.2, -0.15) is 9.40 Å². The third-order valence-corrected chi connectivity index (χ3v) is 4.76. The van der Waals surface area contributed by atoms with Gasteiger partial charge in [-0.05, 0) is 25.5 Å². The van der Waals surface area contributed by atoms with Crippen molar-refractivity contribution in [3.05, 3.63) is 12.3 Å². The van der Waals surface area contributed by atoms with Gasteiger partial charge in [0.15, 0.2) is 5.03 Å². The van der Waals surface area contributed by atoms with E-state index in [9.17, 15) is 8.42 Å². The van der Waals surface area contributed by atoms with Crippen LogP contribution in [-0.2, 0) is 10.0 Å². The lowest BCUT2D eigenvalue weighted by atomic mass is 10.1. The predicted molar refractivity (Wildman–Crippen MR) is 64.0 cm³/mol. The standard InChI is InChI=1S/C10H18N4O2S/c1-2-11-9-4-3-7-14(8-9)17(15,16)10-5-6-12-13-10/h5-6,9,11H,2-4,7-8H2,1H3,(H,12,13). The molecule has 0 amide bonds. The van der Waals surface area contributed by atoms with Gasteiger partial charge in [0, 0.05) is 19.1 Å². The SMILES string of the molecule is CCNC1CCCN(S(=O)(=O)c2ccn[nH]2)C1. The van der Waals surface area contributed by atoms with Crippen LogP contribution in [0.25, 0.3) is 0 Å². The molecule has 1 fully saturated rings. The van der Waals surface area contributed by atoms with Crippen molar-refractivity contribution in [3.63, 3.8) is 0 Å². The van der Waals surface area contributed by atoms with Crippen LogP contribution < -0.4 is 5.32 Å². The maximum atomic E-state index is 12.2. The number of piperidine rings is 1. The Hall–Kier alpha value is -0.920. The van der Waals surface area contributed by atoms with E-state index in [1.165, 1.54) is 16.6 Å². The van der Waals surface area contributed by atoms with Gasteiger partial charge in [0.05, 0.1) is 6.20 Å². The second-order valence-electron chi connectivity index (χ2n) is 4.18. The molecule has 0 bridgehead atoms. The van der Waals surface area contributed by atoms with E-state index < -0.39 is 10.0 Å². The Kier molecular flexibility index (Phi) is 3.80. The molecule has 7 heteroatoms. The van der Waals surface area contributed by atoms with Crippen LogP contribution in [0, 0.1) is 0 Å². The van der Waals surface area contributed by atoms with Crippen molar-refractivity contribution in [2.45, 2.75) is 30.8 Å². The number of sulfonamides is 1. The topological polar surface area (TPSA) is 78.1 Å². The first-order chi connectivity index (χ1) is 8.14. The van der Waals surface area contributed by atoms with Crippen LogP contribution in [-0.4, -0.2) is 48.6 Å². The van der Waals surface area contributed by atoms with Gasteiger partial charge in [0.1, 0.15) is 0 Å². The van der Waals surface area contributed by atoms with Gasteiger partial charge in [0.2, 0.25) is 0 Å². The number of nitrogens with zero attached hydrogens (tertiary/aromatic N) is 2. The van der Waals surface area contributed by atoms with Crippen LogP contribution in [0.3, 0.4) is 0 Å². The van der Waals surface area contributed by atoms with Crippen molar-refractivity contribution in [2.75, 3.05) is 19.6 Å². The summed E-state index contributed by atoms with van der Waals surface area (Å²) in [4.78, 5) is 0. The van der Waals surface area contributed by atoms with Gasteiger partial charge in [-0.1, -0.05) is 6.92 Å². The summed E-state index contributed by atoms with van der Waals surface area (Å²) in [7, 11) is -3.39. The number of rotatable bonds is 4. The highest BCUT2D eigenvalue weighted by atomic mass is 32.2. The minimum Gasteiger partial charge on any atom is -0.313 e. The highest BCUT2D eigenvalue weighted by molar-refractivity contribution is 7.89. The zero-order chi connectivity index (χ0) is 12.3. The quantitative estimate of drug-likeness (QED) is 0.807. The van der Waals surface area contributed by atoms with Crippen LogP contribution in [0.1, 0.15) is 19.8 Å². The van der Waals surface area contributed by atoms with E-state index in [0.29, 0.717) is 13.1 Å². The zero-order valence-corrected chi connectivity index (χ0v) is 10.7. The van der Waals surface area contributed by atoms with Crippen molar-refractivity contribution < 1.29 is 8.42 Å². The molecule has 0 spiro atoms. The molecule has 96 valence electrons. The first-order valence-electron chi connectivity index (χ1n) is 5.87. The Morgan fingerprint density at radius 1 is 1.65 bits per heavy atom. The molecule has 1 aromatic heterocycles. The Morgan fingerprint density at radius 2 is 2.47 bits per heavy atom. The molecule has 0 aromatic carbocycles. The number of aromatic amines is 1. The van der Waals surface area contributed by atoms with E-state index in [1.807, 2.05) is 6.92 Å². The molecule has 0 aliphatic carbocycles. The van der Waals surface area contributed by atoms with Gasteiger partial charge in [0.25, 0.3) is 10.0 Å². The molecule has 2 rings (SSSR count). The van der Waals surface area contributed by atoms with E-state index in [2.05, 4.69) is 15.5 Å². The van der Waals surface area contributed by atoms with E-state index >= 15 is 0 Å². The van der Waals surface area contributed by atoms with Crippen molar-refractivity contribution >= 4 is 10.0 Å². The average molecular weight is 258 g/mol. The summed E-state index contributed by atoms with van der Waals surface area (Å²) < 4.78 is 26.0. The largest absolute Gasteiger partial charge is 0.313 e. The van der Waals surface area contributed by atoms with E-state index in [-0.39, 0.29) is 11.1 Å². The molecule has 1 aromatic rings. The van der Waals surface area contributed by atoms with Crippen molar-refractivity contribution in [2.24, 2.45) is 0 Å². The van der Waals surface area contributed by atoms with Crippen LogP contribution in [0.4, 0.5) is 0 Å². The molecule has 6 nitrogen and oxygen atoms in total. The molecule has 0 saturated carbocycles. The molecule has 1 saturated heterocycles. The summed E-state index contributed by atoms with van der Waals surface area (Å²) in [6.07, 6.45) is 3.38. The lowest BCUT2D eigenvalue weighted by Crippen LogP contribution is -2.47. The van der Waals surface area contributed by atoms with Crippen LogP contribution in [0.2, 0.25) is 0 Å². The fourth-order valence-corrected chi connectivity index (χ4v) is 3.57. The van der Waals surface area contributed by atoms with Crippen molar-refractivity contribution in [1.29, 1.82) is 0 Å². The van der Waals surface area contributed by atoms with Gasteiger partial charge in [-0.15, -0.1) is 0 Å². The second-order valence-corrected chi connectivity index (χ2v) is 6.09. The van der Waals surface area contributed by atoms with Gasteiger partial charge < -0.3 is 5.32 Å². The number of aromatic nitrogens is 2. The zero-order valence-electron chi connectivity index (χ0n) is 9.89. The van der Waals surface area contributed by atoms with E-state index in [4.69, 9.17) is 0 Å². The lowest BCUT2D eigenvalue weighted by molar-refractivity contribution is 0.285. The Bertz CT molecular complexity index is 441. The Labute approximate surface area is 101 Å². The maximum Gasteiger partial charge on any atom is 0.260 e. The lowest BCUT2D eigenvalue weighted by Gasteiger charge is -2.31. The molecular formula is C10H18N4O2S. The third-order valence-electron chi connectivity index (χ3n) is 2.97. The third kappa shape index (κ3) is 2.67. The Morgan fingerprint density at radius 3 is 3.12 bits per heavy atom. The summed E-state index contributed by atoms with van der Waals surface area (Å²) in [6, 6.07) is 1.75. The monoisotopic (exact) mass is 258 g/mol. The molecule has 1 atom stereocenters. The van der Waals surface area contributed by atoms with Gasteiger partial charge in [-0.25, -0.2) is 8.42 Å². The fourth-order valence-electron chi connectivity index (χ4n) is 2.14. The molecule has 1 aliphatic heterocycles. The normalized spacial score (nSPS) is 22.8. The highest BCUT2D eigenvalue weighted by Gasteiger charge is 2.30. The highest BCUT2D eigenvalue weighted by Crippen LogP contribution is 2.18. The maximum absolute atomic E-state index is 12.2. The number of hydrogen-bond donors (Lipinski definition) is 2. The van der Waals surface area contributed by atoms with Crippen molar-refractivity contribution in [3.8, 4) is 0 Å². The number of H-pyrrole nitrogens is 1. The first-order valence-corrected chi connectivity index (χ1v) is 7.31. The van der Waals surface area contributed by atoms with Gasteiger partial charge in [-0.3, -0.25) is 5.10 Å². The average Bonchev–Trinajstić information content (AvgIpc) is 2.84. The summed E-state index contributed by atoms with van der Waals surface area (Å²) in [6.45, 7) is 4.02. The molecule has 2 N–H and O–H groups in total. The minimum absolute atomic E-state index is 0.176. The van der Waals surface area contributed by atoms with Crippen LogP contribution >= 0.6 is 0 Å². The fraction of sp³-hybridized carbons (Fsp3) is 0.700. The summed E-state index contributed by atoms with van der Waals surface area (Å²) in [5.41, 5.74) is 0.